The standard InChI is InChI=1S/C17H18FN5O3S2/c1-10-6-15(22-21-10)20-16(24)7-23(12-4-2-11(18)3-5-12)17-19-13-8-28(25,26)9-14(13)27-17/h2-6,13-14H,7-9H2,1H3,(H2,20,21,22,24). The maximum absolute atomic E-state index is 13.3. The highest BCUT2D eigenvalue weighted by Crippen LogP contribution is 2.36. The molecule has 0 saturated carbocycles. The molecule has 2 unspecified atom stereocenters. The molecule has 2 N–H and O–H groups in total. The van der Waals surface area contributed by atoms with E-state index in [1.165, 1.54) is 23.9 Å². The van der Waals surface area contributed by atoms with Crippen LogP contribution in [0.5, 0.6) is 0 Å². The zero-order valence-corrected chi connectivity index (χ0v) is 16.6. The van der Waals surface area contributed by atoms with E-state index < -0.39 is 9.84 Å². The molecule has 8 nitrogen and oxygen atoms in total. The molecule has 4 rings (SSSR count). The number of carbonyl (C=O) groups is 1. The van der Waals surface area contributed by atoms with Crippen molar-refractivity contribution in [1.82, 2.24) is 10.2 Å². The second-order valence-corrected chi connectivity index (χ2v) is 10.1. The first-order valence-corrected chi connectivity index (χ1v) is 11.3. The van der Waals surface area contributed by atoms with E-state index in [1.807, 2.05) is 6.92 Å². The zero-order chi connectivity index (χ0) is 19.9. The average molecular weight is 423 g/mol. The number of aliphatic imine (C=N–C) groups is 1. The molecule has 1 aromatic heterocycles. The highest BCUT2D eigenvalue weighted by atomic mass is 32.2. The average Bonchev–Trinajstić information content (AvgIpc) is 3.26. The van der Waals surface area contributed by atoms with Crippen LogP contribution in [-0.4, -0.2) is 59.0 Å². The number of fused-ring (bicyclic) bond motifs is 1. The summed E-state index contributed by atoms with van der Waals surface area (Å²) in [6.45, 7) is 1.76. The number of nitrogens with zero attached hydrogens (tertiary/aromatic N) is 3. The van der Waals surface area contributed by atoms with Gasteiger partial charge < -0.3 is 10.2 Å². The van der Waals surface area contributed by atoms with Gasteiger partial charge >= 0.3 is 0 Å². The van der Waals surface area contributed by atoms with Gasteiger partial charge in [-0.3, -0.25) is 14.9 Å². The molecule has 2 aliphatic rings. The number of anilines is 2. The summed E-state index contributed by atoms with van der Waals surface area (Å²) in [5.41, 5.74) is 1.42. The van der Waals surface area contributed by atoms with E-state index in [0.717, 1.165) is 5.69 Å². The number of aryl methyl sites for hydroxylation is 1. The molecule has 11 heteroatoms. The number of amides is 1. The van der Waals surface area contributed by atoms with E-state index in [1.54, 1.807) is 23.1 Å². The predicted octanol–water partition coefficient (Wildman–Crippen LogP) is 1.57. The van der Waals surface area contributed by atoms with Gasteiger partial charge in [-0.1, -0.05) is 11.8 Å². The van der Waals surface area contributed by atoms with Gasteiger partial charge in [0.25, 0.3) is 0 Å². The third-order valence-electron chi connectivity index (χ3n) is 4.45. The van der Waals surface area contributed by atoms with Crippen LogP contribution in [0.1, 0.15) is 5.69 Å². The third kappa shape index (κ3) is 4.04. The number of sulfone groups is 1. The molecule has 3 heterocycles. The van der Waals surface area contributed by atoms with Crippen LogP contribution in [0.2, 0.25) is 0 Å². The van der Waals surface area contributed by atoms with E-state index in [-0.39, 0.29) is 41.1 Å². The number of hydrogen-bond acceptors (Lipinski definition) is 7. The van der Waals surface area contributed by atoms with Crippen LogP contribution in [-0.2, 0) is 14.6 Å². The summed E-state index contributed by atoms with van der Waals surface area (Å²) in [5.74, 6) is -0.200. The summed E-state index contributed by atoms with van der Waals surface area (Å²) < 4.78 is 36.9. The van der Waals surface area contributed by atoms with Gasteiger partial charge in [0.2, 0.25) is 5.91 Å². The molecule has 148 valence electrons. The summed E-state index contributed by atoms with van der Waals surface area (Å²) in [7, 11) is -3.07. The van der Waals surface area contributed by atoms with Crippen molar-refractivity contribution in [2.45, 2.75) is 18.2 Å². The summed E-state index contributed by atoms with van der Waals surface area (Å²) >= 11 is 1.34. The van der Waals surface area contributed by atoms with Gasteiger partial charge in [-0.15, -0.1) is 0 Å². The smallest absolute Gasteiger partial charge is 0.245 e. The number of halogens is 1. The highest BCUT2D eigenvalue weighted by molar-refractivity contribution is 8.15. The summed E-state index contributed by atoms with van der Waals surface area (Å²) in [6.07, 6.45) is 0. The number of benzene rings is 1. The monoisotopic (exact) mass is 423 g/mol. The Morgan fingerprint density at radius 2 is 2.11 bits per heavy atom. The van der Waals surface area contributed by atoms with Crippen LogP contribution in [0.25, 0.3) is 0 Å². The Kier molecular flexibility index (Phi) is 4.88. The molecule has 0 spiro atoms. The Morgan fingerprint density at radius 1 is 1.36 bits per heavy atom. The Balaban J connectivity index is 1.56. The van der Waals surface area contributed by atoms with Crippen molar-refractivity contribution in [3.63, 3.8) is 0 Å². The minimum Gasteiger partial charge on any atom is -0.312 e. The minimum atomic E-state index is -3.07. The van der Waals surface area contributed by atoms with Crippen molar-refractivity contribution >= 4 is 44.2 Å². The molecule has 1 aromatic carbocycles. The normalized spacial score (nSPS) is 22.6. The molecule has 0 bridgehead atoms. The van der Waals surface area contributed by atoms with Gasteiger partial charge in [0.05, 0.1) is 17.5 Å². The van der Waals surface area contributed by atoms with Crippen molar-refractivity contribution in [3.8, 4) is 0 Å². The highest BCUT2D eigenvalue weighted by Gasteiger charge is 2.44. The van der Waals surface area contributed by atoms with Gasteiger partial charge in [0.15, 0.2) is 20.8 Å². The first-order chi connectivity index (χ1) is 13.3. The fraction of sp³-hybridized carbons (Fsp3) is 0.353. The van der Waals surface area contributed by atoms with E-state index in [0.29, 0.717) is 16.7 Å². The Labute approximate surface area is 165 Å². The van der Waals surface area contributed by atoms with Crippen LogP contribution >= 0.6 is 11.8 Å². The molecule has 28 heavy (non-hydrogen) atoms. The Bertz CT molecular complexity index is 1040. The molecule has 1 saturated heterocycles. The molecule has 1 amide bonds. The van der Waals surface area contributed by atoms with Crippen molar-refractivity contribution < 1.29 is 17.6 Å². The first kappa shape index (κ1) is 18.9. The van der Waals surface area contributed by atoms with Crippen LogP contribution in [0.4, 0.5) is 15.9 Å². The number of aromatic nitrogens is 2. The number of rotatable bonds is 4. The number of aromatic amines is 1. The maximum Gasteiger partial charge on any atom is 0.245 e. The molecule has 0 aliphatic carbocycles. The number of thioether (sulfide) groups is 1. The lowest BCUT2D eigenvalue weighted by Gasteiger charge is -2.23. The van der Waals surface area contributed by atoms with E-state index in [2.05, 4.69) is 20.5 Å². The Morgan fingerprint density at radius 3 is 2.75 bits per heavy atom. The third-order valence-corrected chi connectivity index (χ3v) is 7.70. The number of H-pyrrole nitrogens is 1. The van der Waals surface area contributed by atoms with Gasteiger partial charge in [-0.2, -0.15) is 5.10 Å². The van der Waals surface area contributed by atoms with E-state index in [4.69, 9.17) is 0 Å². The maximum atomic E-state index is 13.3. The van der Waals surface area contributed by atoms with Gasteiger partial charge in [0.1, 0.15) is 12.4 Å². The van der Waals surface area contributed by atoms with Crippen molar-refractivity contribution in [3.05, 3.63) is 41.8 Å². The van der Waals surface area contributed by atoms with Crippen molar-refractivity contribution in [1.29, 1.82) is 0 Å². The van der Waals surface area contributed by atoms with Crippen LogP contribution in [0.15, 0.2) is 35.3 Å². The number of nitrogens with one attached hydrogen (secondary N) is 2. The van der Waals surface area contributed by atoms with Gasteiger partial charge in [-0.05, 0) is 31.2 Å². The summed E-state index contributed by atoms with van der Waals surface area (Å²) in [5, 5.41) is 9.84. The molecule has 2 aromatic rings. The molecular formula is C17H18FN5O3S2. The zero-order valence-electron chi connectivity index (χ0n) is 14.9. The van der Waals surface area contributed by atoms with Crippen LogP contribution in [0.3, 0.4) is 0 Å². The van der Waals surface area contributed by atoms with E-state index in [9.17, 15) is 17.6 Å². The van der Waals surface area contributed by atoms with Gasteiger partial charge in [-0.25, -0.2) is 12.8 Å². The fourth-order valence-corrected chi connectivity index (χ4v) is 6.95. The van der Waals surface area contributed by atoms with E-state index >= 15 is 0 Å². The fourth-order valence-electron chi connectivity index (χ4n) is 3.17. The summed E-state index contributed by atoms with van der Waals surface area (Å²) in [4.78, 5) is 18.7. The SMILES string of the molecule is Cc1cc(NC(=O)CN(C2=NC3CS(=O)(=O)CC3S2)c2ccc(F)cc2)n[nH]1. The molecule has 2 aliphatic heterocycles. The van der Waals surface area contributed by atoms with Crippen LogP contribution in [0, 0.1) is 12.7 Å². The molecule has 0 radical (unpaired) electrons. The molecule has 1 fully saturated rings. The Hall–Kier alpha value is -2.40. The van der Waals surface area contributed by atoms with Crippen LogP contribution < -0.4 is 10.2 Å². The number of hydrogen-bond donors (Lipinski definition) is 2. The van der Waals surface area contributed by atoms with Gasteiger partial charge in [0, 0.05) is 22.7 Å². The molecule has 2 atom stereocenters. The van der Waals surface area contributed by atoms with Crippen molar-refractivity contribution in [2.75, 3.05) is 28.3 Å². The molecular weight excluding hydrogens is 405 g/mol. The second kappa shape index (κ2) is 7.21. The predicted molar refractivity (Wildman–Crippen MR) is 107 cm³/mol. The first-order valence-electron chi connectivity index (χ1n) is 8.59. The lowest BCUT2D eigenvalue weighted by atomic mass is 10.2. The largest absolute Gasteiger partial charge is 0.312 e. The topological polar surface area (TPSA) is 108 Å². The summed E-state index contributed by atoms with van der Waals surface area (Å²) in [6, 6.07) is 7.14. The minimum absolute atomic E-state index is 0.0180. The lowest BCUT2D eigenvalue weighted by molar-refractivity contribution is -0.114. The van der Waals surface area contributed by atoms with Crippen molar-refractivity contribution in [2.24, 2.45) is 4.99 Å². The lowest BCUT2D eigenvalue weighted by Crippen LogP contribution is -2.36. The second-order valence-electron chi connectivity index (χ2n) is 6.76. The quantitative estimate of drug-likeness (QED) is 0.773. The number of carbonyl (C=O) groups excluding carboxylic acids is 1. The number of amidine groups is 1.